The van der Waals surface area contributed by atoms with Gasteiger partial charge < -0.3 is 16.0 Å². The van der Waals surface area contributed by atoms with Crippen LogP contribution < -0.4 is 11.5 Å². The Morgan fingerprint density at radius 2 is 2.15 bits per heavy atom. The second kappa shape index (κ2) is 3.70. The van der Waals surface area contributed by atoms with E-state index in [-0.39, 0.29) is 12.2 Å². The van der Waals surface area contributed by atoms with Gasteiger partial charge in [0.05, 0.1) is 5.69 Å². The van der Waals surface area contributed by atoms with Crippen molar-refractivity contribution in [2.24, 2.45) is 11.5 Å². The summed E-state index contributed by atoms with van der Waals surface area (Å²) in [6.45, 7) is 0. The van der Waals surface area contributed by atoms with Crippen LogP contribution in [-0.4, -0.2) is 17.0 Å². The molecule has 0 aromatic carbocycles. The van der Waals surface area contributed by atoms with Crippen molar-refractivity contribution in [3.8, 4) is 0 Å². The number of nitrogens with zero attached hydrogens (tertiary/aromatic N) is 1. The minimum Gasteiger partial charge on any atom is -0.370 e. The number of carbonyl (C=O) groups is 2. The molecular weight excluding hydrogens is 174 g/mol. The molecule has 0 bridgehead atoms. The van der Waals surface area contributed by atoms with Crippen LogP contribution in [0.15, 0.2) is 10.6 Å². The monoisotopic (exact) mass is 183 g/mol. The lowest BCUT2D eigenvalue weighted by molar-refractivity contribution is -0.118. The van der Waals surface area contributed by atoms with Crippen molar-refractivity contribution in [3.63, 3.8) is 0 Å². The third kappa shape index (κ3) is 2.58. The van der Waals surface area contributed by atoms with Crippen molar-refractivity contribution in [2.45, 2.75) is 12.8 Å². The normalized spacial score (nSPS) is 9.85. The van der Waals surface area contributed by atoms with Crippen molar-refractivity contribution in [2.75, 3.05) is 0 Å². The fourth-order valence-electron chi connectivity index (χ4n) is 0.797. The molecule has 1 rings (SSSR count). The Kier molecular flexibility index (Phi) is 2.63. The SMILES string of the molecule is NC(=O)CCc1cc(C(N)=O)on1. The van der Waals surface area contributed by atoms with E-state index in [1.54, 1.807) is 0 Å². The van der Waals surface area contributed by atoms with Gasteiger partial charge in [-0.1, -0.05) is 5.16 Å². The maximum Gasteiger partial charge on any atom is 0.287 e. The maximum atomic E-state index is 10.5. The molecule has 0 atom stereocenters. The Morgan fingerprint density at radius 3 is 2.62 bits per heavy atom. The molecule has 0 aliphatic heterocycles. The molecule has 0 aliphatic carbocycles. The molecule has 0 saturated carbocycles. The van der Waals surface area contributed by atoms with Gasteiger partial charge >= 0.3 is 0 Å². The fourth-order valence-corrected chi connectivity index (χ4v) is 0.797. The van der Waals surface area contributed by atoms with Gasteiger partial charge in [0.15, 0.2) is 0 Å². The molecule has 6 heteroatoms. The predicted octanol–water partition coefficient (Wildman–Crippen LogP) is -0.809. The van der Waals surface area contributed by atoms with Gasteiger partial charge in [0.2, 0.25) is 11.7 Å². The van der Waals surface area contributed by atoms with Crippen molar-refractivity contribution in [3.05, 3.63) is 17.5 Å². The minimum atomic E-state index is -0.683. The third-order valence-corrected chi connectivity index (χ3v) is 1.43. The zero-order valence-corrected chi connectivity index (χ0v) is 6.82. The molecule has 4 N–H and O–H groups in total. The number of rotatable bonds is 4. The van der Waals surface area contributed by atoms with E-state index in [0.717, 1.165) is 0 Å². The first kappa shape index (κ1) is 9.24. The largest absolute Gasteiger partial charge is 0.370 e. The Morgan fingerprint density at radius 1 is 1.46 bits per heavy atom. The molecule has 1 heterocycles. The van der Waals surface area contributed by atoms with Gasteiger partial charge in [0.1, 0.15) is 0 Å². The van der Waals surface area contributed by atoms with Gasteiger partial charge in [-0.2, -0.15) is 0 Å². The van der Waals surface area contributed by atoms with Gasteiger partial charge in [-0.3, -0.25) is 9.59 Å². The van der Waals surface area contributed by atoms with E-state index in [2.05, 4.69) is 9.68 Å². The summed E-state index contributed by atoms with van der Waals surface area (Å²) in [4.78, 5) is 20.9. The smallest absolute Gasteiger partial charge is 0.287 e. The van der Waals surface area contributed by atoms with Crippen molar-refractivity contribution >= 4 is 11.8 Å². The number of amides is 2. The number of aromatic nitrogens is 1. The Hall–Kier alpha value is -1.85. The first-order valence-corrected chi connectivity index (χ1v) is 3.63. The van der Waals surface area contributed by atoms with Crippen molar-refractivity contribution < 1.29 is 14.1 Å². The zero-order valence-electron chi connectivity index (χ0n) is 6.82. The van der Waals surface area contributed by atoms with Crippen LogP contribution in [0, 0.1) is 0 Å². The summed E-state index contributed by atoms with van der Waals surface area (Å²) < 4.78 is 4.58. The lowest BCUT2D eigenvalue weighted by Crippen LogP contribution is -2.11. The molecule has 0 aliphatic rings. The molecule has 0 fully saturated rings. The molecule has 2 amide bonds. The lowest BCUT2D eigenvalue weighted by Gasteiger charge is -1.88. The highest BCUT2D eigenvalue weighted by Crippen LogP contribution is 2.04. The highest BCUT2D eigenvalue weighted by atomic mass is 16.5. The molecule has 70 valence electrons. The number of carbonyl (C=O) groups excluding carboxylic acids is 2. The van der Waals surface area contributed by atoms with Crippen LogP contribution in [0.1, 0.15) is 22.7 Å². The standard InChI is InChI=1S/C7H9N3O3/c8-6(11)2-1-4-3-5(7(9)12)13-10-4/h3H,1-2H2,(H2,8,11)(H2,9,12). The number of hydrogen-bond donors (Lipinski definition) is 2. The predicted molar refractivity (Wildman–Crippen MR) is 42.5 cm³/mol. The Balaban J connectivity index is 2.59. The van der Waals surface area contributed by atoms with Crippen molar-refractivity contribution in [1.29, 1.82) is 0 Å². The average Bonchev–Trinajstić information content (AvgIpc) is 2.48. The van der Waals surface area contributed by atoms with Gasteiger partial charge in [0.25, 0.3) is 5.91 Å². The zero-order chi connectivity index (χ0) is 9.84. The van der Waals surface area contributed by atoms with Crippen LogP contribution >= 0.6 is 0 Å². The second-order valence-electron chi connectivity index (χ2n) is 2.51. The third-order valence-electron chi connectivity index (χ3n) is 1.43. The summed E-state index contributed by atoms with van der Waals surface area (Å²) in [5.74, 6) is -1.12. The molecular formula is C7H9N3O3. The average molecular weight is 183 g/mol. The molecule has 0 spiro atoms. The molecule has 0 saturated heterocycles. The van der Waals surface area contributed by atoms with Crippen LogP contribution in [0.5, 0.6) is 0 Å². The molecule has 13 heavy (non-hydrogen) atoms. The maximum absolute atomic E-state index is 10.5. The molecule has 6 nitrogen and oxygen atoms in total. The number of primary amides is 2. The Bertz CT molecular complexity index is 331. The highest BCUT2D eigenvalue weighted by Gasteiger charge is 2.09. The van der Waals surface area contributed by atoms with Gasteiger partial charge in [0, 0.05) is 18.9 Å². The fraction of sp³-hybridized carbons (Fsp3) is 0.286. The Labute approximate surface area is 73.9 Å². The summed E-state index contributed by atoms with van der Waals surface area (Å²) in [5.41, 5.74) is 10.3. The number of hydrogen-bond acceptors (Lipinski definition) is 4. The molecule has 1 aromatic heterocycles. The van der Waals surface area contributed by atoms with E-state index in [1.807, 2.05) is 0 Å². The second-order valence-corrected chi connectivity index (χ2v) is 2.51. The van der Waals surface area contributed by atoms with Crippen molar-refractivity contribution in [1.82, 2.24) is 5.16 Å². The summed E-state index contributed by atoms with van der Waals surface area (Å²) in [6, 6.07) is 1.39. The van der Waals surface area contributed by atoms with E-state index in [4.69, 9.17) is 11.5 Å². The first-order chi connectivity index (χ1) is 6.09. The summed E-state index contributed by atoms with van der Waals surface area (Å²) in [5, 5.41) is 3.53. The topological polar surface area (TPSA) is 112 Å². The molecule has 0 unspecified atom stereocenters. The summed E-state index contributed by atoms with van der Waals surface area (Å²) in [6.07, 6.45) is 0.525. The van der Waals surface area contributed by atoms with E-state index >= 15 is 0 Å². The summed E-state index contributed by atoms with van der Waals surface area (Å²) in [7, 11) is 0. The quantitative estimate of drug-likeness (QED) is 0.635. The molecule has 0 radical (unpaired) electrons. The minimum absolute atomic E-state index is 0.0144. The number of aryl methyl sites for hydroxylation is 1. The van der Waals surface area contributed by atoms with E-state index < -0.39 is 11.8 Å². The van der Waals surface area contributed by atoms with E-state index in [0.29, 0.717) is 12.1 Å². The van der Waals surface area contributed by atoms with E-state index in [1.165, 1.54) is 6.07 Å². The van der Waals surface area contributed by atoms with Gasteiger partial charge in [-0.05, 0) is 0 Å². The molecule has 1 aromatic rings. The van der Waals surface area contributed by atoms with Crippen LogP contribution in [0.4, 0.5) is 0 Å². The van der Waals surface area contributed by atoms with Crippen LogP contribution in [-0.2, 0) is 11.2 Å². The van der Waals surface area contributed by atoms with Crippen LogP contribution in [0.2, 0.25) is 0 Å². The van der Waals surface area contributed by atoms with Gasteiger partial charge in [-0.15, -0.1) is 0 Å². The van der Waals surface area contributed by atoms with E-state index in [9.17, 15) is 9.59 Å². The number of nitrogens with two attached hydrogens (primary N) is 2. The summed E-state index contributed by atoms with van der Waals surface area (Å²) >= 11 is 0. The first-order valence-electron chi connectivity index (χ1n) is 3.63. The lowest BCUT2D eigenvalue weighted by atomic mass is 10.2. The van der Waals surface area contributed by atoms with Crippen LogP contribution in [0.25, 0.3) is 0 Å². The highest BCUT2D eigenvalue weighted by molar-refractivity contribution is 5.89. The van der Waals surface area contributed by atoms with Gasteiger partial charge in [-0.25, -0.2) is 0 Å². The van der Waals surface area contributed by atoms with Crippen LogP contribution in [0.3, 0.4) is 0 Å².